The van der Waals surface area contributed by atoms with Gasteiger partial charge in [-0.05, 0) is 6.92 Å². The van der Waals surface area contributed by atoms with Gasteiger partial charge in [0.25, 0.3) is 0 Å². The number of thiophene rings is 1. The van der Waals surface area contributed by atoms with Crippen LogP contribution in [0.4, 0.5) is 5.00 Å². The molecule has 1 rings (SSSR count). The van der Waals surface area contributed by atoms with Crippen LogP contribution >= 0.6 is 11.3 Å². The number of nitro groups is 1. The van der Waals surface area contributed by atoms with E-state index >= 15 is 0 Å². The minimum atomic E-state index is -0.684. The highest BCUT2D eigenvalue weighted by Gasteiger charge is 2.16. The summed E-state index contributed by atoms with van der Waals surface area (Å²) in [4.78, 5) is 21.4. The molecule has 0 bridgehead atoms. The van der Waals surface area contributed by atoms with Gasteiger partial charge in [-0.3, -0.25) is 10.1 Å². The van der Waals surface area contributed by atoms with Gasteiger partial charge in [-0.25, -0.2) is 4.79 Å². The molecule has 0 aromatic carbocycles. The molecule has 0 radical (unpaired) electrons. The average molecular weight is 271 g/mol. The van der Waals surface area contributed by atoms with Gasteiger partial charge in [0.05, 0.1) is 11.5 Å². The smallest absolute Gasteiger partial charge is 0.335 e. The zero-order chi connectivity index (χ0) is 13.5. The average Bonchev–Trinajstić information content (AvgIpc) is 2.81. The Bertz CT molecular complexity index is 442. The Labute approximate surface area is 108 Å². The Morgan fingerprint density at radius 1 is 1.72 bits per heavy atom. The summed E-state index contributed by atoms with van der Waals surface area (Å²) in [5, 5.41) is 12.1. The molecule has 0 saturated carbocycles. The molecule has 1 unspecified atom stereocenters. The Morgan fingerprint density at radius 2 is 2.44 bits per heavy atom. The van der Waals surface area contributed by atoms with Gasteiger partial charge >= 0.3 is 11.0 Å². The van der Waals surface area contributed by atoms with Gasteiger partial charge < -0.3 is 9.47 Å². The lowest BCUT2D eigenvalue weighted by Gasteiger charge is -2.10. The number of rotatable bonds is 7. The Hall–Kier alpha value is -1.73. The maximum atomic E-state index is 11.5. The third-order valence-electron chi connectivity index (χ3n) is 2.00. The van der Waals surface area contributed by atoms with E-state index in [1.54, 1.807) is 12.3 Å². The molecule has 1 aromatic heterocycles. The Balaban J connectivity index is 2.41. The first-order valence-corrected chi connectivity index (χ1v) is 6.03. The van der Waals surface area contributed by atoms with Gasteiger partial charge in [0.1, 0.15) is 6.61 Å². The van der Waals surface area contributed by atoms with Gasteiger partial charge in [-0.2, -0.15) is 0 Å². The van der Waals surface area contributed by atoms with E-state index in [1.165, 1.54) is 12.1 Å². The van der Waals surface area contributed by atoms with Crippen LogP contribution in [-0.4, -0.2) is 23.6 Å². The molecule has 0 saturated heterocycles. The van der Waals surface area contributed by atoms with Crippen LogP contribution in [0.2, 0.25) is 0 Å². The van der Waals surface area contributed by atoms with Crippen molar-refractivity contribution in [3.63, 3.8) is 0 Å². The molecule has 1 atom stereocenters. The summed E-state index contributed by atoms with van der Waals surface area (Å²) >= 11 is 0.997. The van der Waals surface area contributed by atoms with Crippen molar-refractivity contribution >= 4 is 22.3 Å². The van der Waals surface area contributed by atoms with Gasteiger partial charge in [0.2, 0.25) is 0 Å². The molecule has 0 N–H and O–H groups in total. The third-order valence-corrected chi connectivity index (χ3v) is 2.93. The number of nitrogens with zero attached hydrogens (tertiary/aromatic N) is 1. The van der Waals surface area contributed by atoms with E-state index in [2.05, 4.69) is 6.58 Å². The topological polar surface area (TPSA) is 78.7 Å². The summed E-state index contributed by atoms with van der Waals surface area (Å²) in [5.41, 5.74) is 0.593. The van der Waals surface area contributed by atoms with E-state index < -0.39 is 17.0 Å². The van der Waals surface area contributed by atoms with Gasteiger partial charge in [-0.1, -0.05) is 17.4 Å². The van der Waals surface area contributed by atoms with E-state index in [9.17, 15) is 14.9 Å². The van der Waals surface area contributed by atoms with E-state index in [-0.39, 0.29) is 18.2 Å². The maximum Gasteiger partial charge on any atom is 0.335 e. The molecule has 98 valence electrons. The molecule has 7 heteroatoms. The summed E-state index contributed by atoms with van der Waals surface area (Å²) in [6, 6.07) is 1.38. The maximum absolute atomic E-state index is 11.5. The molecule has 1 aromatic rings. The second kappa shape index (κ2) is 6.87. The standard InChI is InChI=1S/C11H13NO5S/c1-3-4-16-8(2)11(13)17-6-9-5-10(12(14)15)18-7-9/h3,5,7-8H,1,4,6H2,2H3. The molecule has 0 aliphatic rings. The largest absolute Gasteiger partial charge is 0.459 e. The summed E-state index contributed by atoms with van der Waals surface area (Å²) in [6.45, 7) is 5.31. The van der Waals surface area contributed by atoms with E-state index in [0.717, 1.165) is 11.3 Å². The lowest BCUT2D eigenvalue weighted by molar-refractivity contribution is -0.380. The van der Waals surface area contributed by atoms with Crippen LogP contribution in [0.15, 0.2) is 24.1 Å². The molecule has 0 aliphatic carbocycles. The highest BCUT2D eigenvalue weighted by molar-refractivity contribution is 7.13. The number of hydrogen-bond donors (Lipinski definition) is 0. The zero-order valence-electron chi connectivity index (χ0n) is 9.83. The predicted molar refractivity (Wildman–Crippen MR) is 66.4 cm³/mol. The highest BCUT2D eigenvalue weighted by Crippen LogP contribution is 2.23. The van der Waals surface area contributed by atoms with Gasteiger partial charge in [-0.15, -0.1) is 6.58 Å². The van der Waals surface area contributed by atoms with Crippen molar-refractivity contribution in [2.24, 2.45) is 0 Å². The van der Waals surface area contributed by atoms with Crippen molar-refractivity contribution in [3.05, 3.63) is 39.8 Å². The molecule has 0 aliphatic heterocycles. The Morgan fingerprint density at radius 3 is 3.00 bits per heavy atom. The number of carbonyl (C=O) groups excluding carboxylic acids is 1. The van der Waals surface area contributed by atoms with Crippen molar-refractivity contribution in [1.29, 1.82) is 0 Å². The normalized spacial score (nSPS) is 11.8. The molecule has 0 fully saturated rings. The molecule has 0 spiro atoms. The van der Waals surface area contributed by atoms with Crippen LogP contribution < -0.4 is 0 Å². The second-order valence-corrected chi connectivity index (χ2v) is 4.31. The number of esters is 1. The predicted octanol–water partition coefficient (Wildman–Crippen LogP) is 2.29. The first-order chi connectivity index (χ1) is 8.54. The molecular formula is C11H13NO5S. The fourth-order valence-corrected chi connectivity index (χ4v) is 1.80. The summed E-state index contributed by atoms with van der Waals surface area (Å²) in [6.07, 6.45) is 0.850. The zero-order valence-corrected chi connectivity index (χ0v) is 10.6. The van der Waals surface area contributed by atoms with Crippen LogP contribution in [0.25, 0.3) is 0 Å². The third kappa shape index (κ3) is 4.27. The van der Waals surface area contributed by atoms with Crippen LogP contribution in [0.1, 0.15) is 12.5 Å². The van der Waals surface area contributed by atoms with Crippen LogP contribution in [0.3, 0.4) is 0 Å². The fraction of sp³-hybridized carbons (Fsp3) is 0.364. The summed E-state index contributed by atoms with van der Waals surface area (Å²) in [7, 11) is 0. The minimum absolute atomic E-state index is 0.00492. The fourth-order valence-electron chi connectivity index (χ4n) is 1.09. The SMILES string of the molecule is C=CCOC(C)C(=O)OCc1csc([N+](=O)[O-])c1. The first kappa shape index (κ1) is 14.3. The van der Waals surface area contributed by atoms with Crippen molar-refractivity contribution in [2.75, 3.05) is 6.61 Å². The molecular weight excluding hydrogens is 258 g/mol. The van der Waals surface area contributed by atoms with E-state index in [0.29, 0.717) is 5.56 Å². The number of carbonyl (C=O) groups is 1. The lowest BCUT2D eigenvalue weighted by atomic mass is 10.3. The quantitative estimate of drug-likeness (QED) is 0.329. The molecule has 0 amide bonds. The summed E-state index contributed by atoms with van der Waals surface area (Å²) < 4.78 is 10.1. The summed E-state index contributed by atoms with van der Waals surface area (Å²) in [5.74, 6) is -0.509. The second-order valence-electron chi connectivity index (χ2n) is 3.42. The number of ether oxygens (including phenoxy) is 2. The van der Waals surface area contributed by atoms with Gasteiger partial charge in [0.15, 0.2) is 6.10 Å². The monoisotopic (exact) mass is 271 g/mol. The van der Waals surface area contributed by atoms with Gasteiger partial charge in [0, 0.05) is 17.0 Å². The van der Waals surface area contributed by atoms with E-state index in [4.69, 9.17) is 9.47 Å². The molecule has 1 heterocycles. The lowest BCUT2D eigenvalue weighted by Crippen LogP contribution is -2.23. The Kier molecular flexibility index (Phi) is 5.47. The van der Waals surface area contributed by atoms with Crippen LogP contribution in [0, 0.1) is 10.1 Å². The van der Waals surface area contributed by atoms with Crippen molar-refractivity contribution in [3.8, 4) is 0 Å². The van der Waals surface area contributed by atoms with Crippen LogP contribution in [0.5, 0.6) is 0 Å². The van der Waals surface area contributed by atoms with Crippen LogP contribution in [-0.2, 0) is 20.9 Å². The number of hydrogen-bond acceptors (Lipinski definition) is 6. The van der Waals surface area contributed by atoms with E-state index in [1.807, 2.05) is 0 Å². The van der Waals surface area contributed by atoms with Crippen molar-refractivity contribution < 1.29 is 19.2 Å². The first-order valence-electron chi connectivity index (χ1n) is 5.15. The molecule has 6 nitrogen and oxygen atoms in total. The van der Waals surface area contributed by atoms with Crippen molar-refractivity contribution in [1.82, 2.24) is 0 Å². The highest BCUT2D eigenvalue weighted by atomic mass is 32.1. The minimum Gasteiger partial charge on any atom is -0.459 e. The van der Waals surface area contributed by atoms with Crippen molar-refractivity contribution in [2.45, 2.75) is 19.6 Å². The molecule has 18 heavy (non-hydrogen) atoms.